The second-order valence-corrected chi connectivity index (χ2v) is 6.24. The van der Waals surface area contributed by atoms with E-state index in [-0.39, 0.29) is 5.91 Å². The Bertz CT molecular complexity index is 602. The highest BCUT2D eigenvalue weighted by Crippen LogP contribution is 2.16. The lowest BCUT2D eigenvalue weighted by Gasteiger charge is -2.29. The van der Waals surface area contributed by atoms with Gasteiger partial charge in [-0.05, 0) is 48.7 Å². The molecule has 0 atom stereocenters. The zero-order chi connectivity index (χ0) is 17.2. The van der Waals surface area contributed by atoms with Crippen LogP contribution >= 0.6 is 11.9 Å². The van der Waals surface area contributed by atoms with E-state index in [9.17, 15) is 4.79 Å². The smallest absolute Gasteiger partial charge is 0.261 e. The van der Waals surface area contributed by atoms with Gasteiger partial charge in [0.15, 0.2) is 0 Å². The largest absolute Gasteiger partial charge is 0.369 e. The van der Waals surface area contributed by atoms with Gasteiger partial charge in [-0.15, -0.1) is 0 Å². The molecule has 4 nitrogen and oxygen atoms in total. The van der Waals surface area contributed by atoms with Crippen molar-refractivity contribution >= 4 is 23.5 Å². The zero-order valence-electron chi connectivity index (χ0n) is 14.1. The Balaban J connectivity index is 1.84. The highest BCUT2D eigenvalue weighted by atomic mass is 32.2. The molecule has 128 valence electrons. The highest BCUT2D eigenvalue weighted by molar-refractivity contribution is 7.98. The van der Waals surface area contributed by atoms with Gasteiger partial charge in [0.2, 0.25) is 0 Å². The maximum absolute atomic E-state index is 12.2. The molecular formula is C19H25N3OS. The van der Waals surface area contributed by atoms with E-state index in [1.54, 1.807) is 6.08 Å². The van der Waals surface area contributed by atoms with Crippen molar-refractivity contribution in [2.75, 3.05) is 36.8 Å². The minimum Gasteiger partial charge on any atom is -0.369 e. The number of rotatable bonds is 7. The third-order valence-electron chi connectivity index (χ3n) is 3.83. The molecule has 1 heterocycles. The molecule has 0 saturated carbocycles. The number of piperazine rings is 1. The van der Waals surface area contributed by atoms with E-state index in [0.717, 1.165) is 37.5 Å². The van der Waals surface area contributed by atoms with Gasteiger partial charge in [0.25, 0.3) is 5.91 Å². The molecule has 2 N–H and O–H groups in total. The topological polar surface area (TPSA) is 44.4 Å². The van der Waals surface area contributed by atoms with Gasteiger partial charge in [-0.2, -0.15) is 0 Å². The highest BCUT2D eigenvalue weighted by Gasteiger charge is 2.11. The molecule has 2 rings (SSSR count). The van der Waals surface area contributed by atoms with E-state index in [4.69, 9.17) is 0 Å². The number of hydrogen-bond donors (Lipinski definition) is 2. The molecule has 1 aliphatic heterocycles. The first-order valence-electron chi connectivity index (χ1n) is 8.16. The van der Waals surface area contributed by atoms with Crippen LogP contribution < -0.4 is 14.9 Å². The Morgan fingerprint density at radius 1 is 1.33 bits per heavy atom. The summed E-state index contributed by atoms with van der Waals surface area (Å²) in [6.07, 6.45) is 7.66. The van der Waals surface area contributed by atoms with E-state index in [1.165, 1.54) is 17.6 Å². The molecule has 24 heavy (non-hydrogen) atoms. The zero-order valence-corrected chi connectivity index (χ0v) is 14.9. The first-order valence-corrected chi connectivity index (χ1v) is 9.15. The lowest BCUT2D eigenvalue weighted by atomic mass is 10.2. The summed E-state index contributed by atoms with van der Waals surface area (Å²) < 4.78 is 2.89. The maximum Gasteiger partial charge on any atom is 0.261 e. The summed E-state index contributed by atoms with van der Waals surface area (Å²) in [5, 5.41) is 3.34. The van der Waals surface area contributed by atoms with Crippen LogP contribution in [0.15, 0.2) is 60.7 Å². The standard InChI is InChI=1S/C19H25N3OS/c1-3-5-6-16(4-2)15-24-21-19(23)17-7-9-18(10-8-17)22-13-11-20-12-14-22/h3-10,20H,1,11-15H2,2H3,(H,21,23)/b6-5-,16-4+. The van der Waals surface area contributed by atoms with Gasteiger partial charge in [-0.3, -0.25) is 9.52 Å². The minimum atomic E-state index is -0.0602. The molecule has 1 aliphatic rings. The molecule has 1 aromatic carbocycles. The molecular weight excluding hydrogens is 318 g/mol. The molecule has 1 amide bonds. The predicted octanol–water partition coefficient (Wildman–Crippen LogP) is 3.16. The molecule has 0 bridgehead atoms. The summed E-state index contributed by atoms with van der Waals surface area (Å²) in [7, 11) is 0. The lowest BCUT2D eigenvalue weighted by Crippen LogP contribution is -2.43. The number of amides is 1. The lowest BCUT2D eigenvalue weighted by molar-refractivity contribution is 0.0984. The summed E-state index contributed by atoms with van der Waals surface area (Å²) in [5.41, 5.74) is 3.01. The summed E-state index contributed by atoms with van der Waals surface area (Å²) >= 11 is 1.40. The third-order valence-corrected chi connectivity index (χ3v) is 4.64. The normalized spacial score (nSPS) is 15.5. The minimum absolute atomic E-state index is 0.0602. The molecule has 0 aliphatic carbocycles. The molecule has 5 heteroatoms. The molecule has 0 aromatic heterocycles. The quantitative estimate of drug-likeness (QED) is 0.590. The Morgan fingerprint density at radius 2 is 2.04 bits per heavy atom. The van der Waals surface area contributed by atoms with Crippen LogP contribution in [0.3, 0.4) is 0 Å². The van der Waals surface area contributed by atoms with Gasteiger partial charge in [0.1, 0.15) is 0 Å². The second kappa shape index (κ2) is 10.0. The maximum atomic E-state index is 12.2. The van der Waals surface area contributed by atoms with Gasteiger partial charge in [0.05, 0.1) is 0 Å². The van der Waals surface area contributed by atoms with Crippen LogP contribution in [-0.4, -0.2) is 37.8 Å². The van der Waals surface area contributed by atoms with E-state index < -0.39 is 0 Å². The molecule has 0 radical (unpaired) electrons. The molecule has 1 fully saturated rings. The van der Waals surface area contributed by atoms with E-state index in [0.29, 0.717) is 5.56 Å². The van der Waals surface area contributed by atoms with Crippen molar-refractivity contribution in [1.29, 1.82) is 0 Å². The fraction of sp³-hybridized carbons (Fsp3) is 0.316. The first-order chi connectivity index (χ1) is 11.7. The number of carbonyl (C=O) groups excluding carboxylic acids is 1. The van der Waals surface area contributed by atoms with Crippen LogP contribution in [-0.2, 0) is 0 Å². The average Bonchev–Trinajstić information content (AvgIpc) is 2.65. The molecule has 1 saturated heterocycles. The molecule has 1 aromatic rings. The van der Waals surface area contributed by atoms with Crippen LogP contribution in [0.25, 0.3) is 0 Å². The number of carbonyl (C=O) groups is 1. The Kier molecular flexibility index (Phi) is 7.65. The monoisotopic (exact) mass is 343 g/mol. The Labute approximate surface area is 148 Å². The van der Waals surface area contributed by atoms with Crippen LogP contribution in [0.1, 0.15) is 17.3 Å². The van der Waals surface area contributed by atoms with Crippen molar-refractivity contribution in [2.45, 2.75) is 6.92 Å². The Hall–Kier alpha value is -1.98. The van der Waals surface area contributed by atoms with E-state index >= 15 is 0 Å². The van der Waals surface area contributed by atoms with Crippen molar-refractivity contribution in [3.63, 3.8) is 0 Å². The number of benzene rings is 1. The first kappa shape index (κ1) is 18.4. The third kappa shape index (κ3) is 5.58. The average molecular weight is 343 g/mol. The predicted molar refractivity (Wildman–Crippen MR) is 105 cm³/mol. The van der Waals surface area contributed by atoms with Gasteiger partial charge < -0.3 is 10.2 Å². The molecule has 0 unspecified atom stereocenters. The number of anilines is 1. The molecule has 0 spiro atoms. The summed E-state index contributed by atoms with van der Waals surface area (Å²) in [6.45, 7) is 9.67. The van der Waals surface area contributed by atoms with Crippen molar-refractivity contribution < 1.29 is 4.79 Å². The number of hydrogen-bond acceptors (Lipinski definition) is 4. The van der Waals surface area contributed by atoms with E-state index in [2.05, 4.69) is 21.5 Å². The van der Waals surface area contributed by atoms with Crippen molar-refractivity contribution in [1.82, 2.24) is 10.0 Å². The SMILES string of the molecule is C=C/C=C\C(=C/C)CSNC(=O)c1ccc(N2CCNCC2)cc1. The van der Waals surface area contributed by atoms with Crippen LogP contribution in [0.4, 0.5) is 5.69 Å². The fourth-order valence-corrected chi connectivity index (χ4v) is 3.16. The van der Waals surface area contributed by atoms with Crippen molar-refractivity contribution in [2.24, 2.45) is 0 Å². The van der Waals surface area contributed by atoms with Crippen LogP contribution in [0, 0.1) is 0 Å². The van der Waals surface area contributed by atoms with Crippen molar-refractivity contribution in [3.8, 4) is 0 Å². The van der Waals surface area contributed by atoms with Crippen LogP contribution in [0.2, 0.25) is 0 Å². The van der Waals surface area contributed by atoms with Gasteiger partial charge in [-0.25, -0.2) is 0 Å². The number of allylic oxidation sites excluding steroid dienone is 4. The summed E-state index contributed by atoms with van der Waals surface area (Å²) in [5.74, 6) is 0.667. The number of nitrogens with zero attached hydrogens (tertiary/aromatic N) is 1. The van der Waals surface area contributed by atoms with Crippen molar-refractivity contribution in [3.05, 3.63) is 66.3 Å². The van der Waals surface area contributed by atoms with Gasteiger partial charge in [-0.1, -0.05) is 30.9 Å². The summed E-state index contributed by atoms with van der Waals surface area (Å²) in [6, 6.07) is 7.83. The fourth-order valence-electron chi connectivity index (χ4n) is 2.41. The Morgan fingerprint density at radius 3 is 2.67 bits per heavy atom. The van der Waals surface area contributed by atoms with Crippen LogP contribution in [0.5, 0.6) is 0 Å². The van der Waals surface area contributed by atoms with Gasteiger partial charge >= 0.3 is 0 Å². The van der Waals surface area contributed by atoms with E-state index in [1.807, 2.05) is 49.4 Å². The van der Waals surface area contributed by atoms with Gasteiger partial charge in [0, 0.05) is 43.2 Å². The number of nitrogens with one attached hydrogen (secondary N) is 2. The summed E-state index contributed by atoms with van der Waals surface area (Å²) in [4.78, 5) is 14.5. The second-order valence-electron chi connectivity index (χ2n) is 5.46.